The Labute approximate surface area is 165 Å². The van der Waals surface area contributed by atoms with Gasteiger partial charge in [-0.3, -0.25) is 9.20 Å². The Balaban J connectivity index is 1.26. The number of benzene rings is 2. The van der Waals surface area contributed by atoms with Gasteiger partial charge < -0.3 is 19.5 Å². The molecule has 0 aliphatic carbocycles. The van der Waals surface area contributed by atoms with Gasteiger partial charge in [-0.25, -0.2) is 0 Å². The molecule has 0 saturated carbocycles. The minimum absolute atomic E-state index is 0.213. The van der Waals surface area contributed by atoms with Crippen LogP contribution in [0.1, 0.15) is 15.9 Å². The molecule has 0 bridgehead atoms. The third kappa shape index (κ3) is 3.55. The normalized spacial score (nSPS) is 12.1. The van der Waals surface area contributed by atoms with Crippen molar-refractivity contribution in [2.45, 2.75) is 6.61 Å². The van der Waals surface area contributed by atoms with Gasteiger partial charge in [0, 0.05) is 18.0 Å². The lowest BCUT2D eigenvalue weighted by molar-refractivity contribution is 0.102. The summed E-state index contributed by atoms with van der Waals surface area (Å²) in [5.74, 6) is 1.86. The molecule has 0 atom stereocenters. The zero-order chi connectivity index (χ0) is 19.6. The van der Waals surface area contributed by atoms with E-state index in [1.54, 1.807) is 35.1 Å². The van der Waals surface area contributed by atoms with Crippen LogP contribution >= 0.6 is 0 Å². The summed E-state index contributed by atoms with van der Waals surface area (Å²) in [7, 11) is 0. The average Bonchev–Trinajstić information content (AvgIpc) is 3.40. The van der Waals surface area contributed by atoms with Crippen LogP contribution in [0.2, 0.25) is 0 Å². The Morgan fingerprint density at radius 2 is 2.03 bits per heavy atom. The average molecular weight is 388 g/mol. The number of anilines is 1. The van der Waals surface area contributed by atoms with Crippen LogP contribution in [0, 0.1) is 0 Å². The number of aromatic nitrogens is 3. The predicted molar refractivity (Wildman–Crippen MR) is 104 cm³/mol. The molecule has 29 heavy (non-hydrogen) atoms. The number of nitrogens with zero attached hydrogens (tertiary/aromatic N) is 3. The molecule has 8 nitrogen and oxygen atoms in total. The van der Waals surface area contributed by atoms with Crippen LogP contribution in [0.4, 0.5) is 5.69 Å². The van der Waals surface area contributed by atoms with Gasteiger partial charge in [-0.15, -0.1) is 10.2 Å². The highest BCUT2D eigenvalue weighted by Gasteiger charge is 2.14. The van der Waals surface area contributed by atoms with E-state index in [0.717, 1.165) is 5.56 Å². The second-order valence-electron chi connectivity index (χ2n) is 6.47. The van der Waals surface area contributed by atoms with Gasteiger partial charge in [0.2, 0.25) is 6.79 Å². The summed E-state index contributed by atoms with van der Waals surface area (Å²) in [6.45, 7) is 0.584. The summed E-state index contributed by atoms with van der Waals surface area (Å²) in [6, 6.07) is 16.4. The molecule has 0 spiro atoms. The standard InChI is InChI=1S/C21H16N4O4/c26-21(15-4-7-20-24-22-12-25(20)10-15)23-16-3-1-2-14(8-16)11-27-17-5-6-18-19(9-17)29-13-28-18/h1-10,12H,11,13H2,(H,23,26). The molecule has 1 aliphatic heterocycles. The van der Waals surface area contributed by atoms with E-state index >= 15 is 0 Å². The fourth-order valence-electron chi connectivity index (χ4n) is 3.04. The number of carbonyl (C=O) groups is 1. The second-order valence-corrected chi connectivity index (χ2v) is 6.47. The Morgan fingerprint density at radius 1 is 1.10 bits per heavy atom. The van der Waals surface area contributed by atoms with Crippen LogP contribution in [0.25, 0.3) is 5.65 Å². The van der Waals surface area contributed by atoms with Crippen LogP contribution in [0.3, 0.4) is 0 Å². The second kappa shape index (κ2) is 7.16. The lowest BCUT2D eigenvalue weighted by Gasteiger charge is -2.10. The third-order valence-corrected chi connectivity index (χ3v) is 4.49. The topological polar surface area (TPSA) is 87.0 Å². The number of fused-ring (bicyclic) bond motifs is 2. The molecular weight excluding hydrogens is 372 g/mol. The number of hydrogen-bond donors (Lipinski definition) is 1. The SMILES string of the molecule is O=C(Nc1cccc(COc2ccc3c(c2)OCO3)c1)c1ccc2nncn2c1. The number of hydrogen-bond acceptors (Lipinski definition) is 6. The zero-order valence-corrected chi connectivity index (χ0v) is 15.2. The van der Waals surface area contributed by atoms with Crippen LogP contribution < -0.4 is 19.5 Å². The van der Waals surface area contributed by atoms with Gasteiger partial charge >= 0.3 is 0 Å². The Morgan fingerprint density at radius 3 is 3.00 bits per heavy atom. The molecule has 8 heteroatoms. The number of rotatable bonds is 5. The molecule has 1 amide bonds. The molecule has 2 aromatic carbocycles. The van der Waals surface area contributed by atoms with E-state index in [9.17, 15) is 4.79 Å². The van der Waals surface area contributed by atoms with Crippen molar-refractivity contribution in [3.8, 4) is 17.2 Å². The first kappa shape index (κ1) is 17.1. The van der Waals surface area contributed by atoms with E-state index in [-0.39, 0.29) is 12.7 Å². The Bertz CT molecular complexity index is 1200. The van der Waals surface area contributed by atoms with Crippen molar-refractivity contribution in [2.24, 2.45) is 0 Å². The molecule has 144 valence electrons. The maximum absolute atomic E-state index is 12.6. The molecule has 0 saturated heterocycles. The molecule has 2 aromatic heterocycles. The fourth-order valence-corrected chi connectivity index (χ4v) is 3.04. The van der Waals surface area contributed by atoms with E-state index in [1.807, 2.05) is 36.4 Å². The first-order valence-corrected chi connectivity index (χ1v) is 8.97. The Kier molecular flexibility index (Phi) is 4.21. The zero-order valence-electron chi connectivity index (χ0n) is 15.2. The minimum atomic E-state index is -0.213. The van der Waals surface area contributed by atoms with Crippen molar-refractivity contribution in [1.82, 2.24) is 14.6 Å². The van der Waals surface area contributed by atoms with E-state index in [4.69, 9.17) is 14.2 Å². The molecule has 0 fully saturated rings. The summed E-state index contributed by atoms with van der Waals surface area (Å²) in [5, 5.41) is 10.6. The smallest absolute Gasteiger partial charge is 0.257 e. The predicted octanol–water partition coefficient (Wildman–Crippen LogP) is 3.29. The molecule has 5 rings (SSSR count). The van der Waals surface area contributed by atoms with Crippen LogP contribution in [-0.2, 0) is 6.61 Å². The van der Waals surface area contributed by atoms with Crippen molar-refractivity contribution in [2.75, 3.05) is 12.1 Å². The van der Waals surface area contributed by atoms with Crippen molar-refractivity contribution in [3.63, 3.8) is 0 Å². The molecule has 3 heterocycles. The van der Waals surface area contributed by atoms with Crippen LogP contribution in [0.15, 0.2) is 67.1 Å². The molecule has 1 aliphatic rings. The fraction of sp³-hybridized carbons (Fsp3) is 0.0952. The lowest BCUT2D eigenvalue weighted by atomic mass is 10.2. The van der Waals surface area contributed by atoms with E-state index in [0.29, 0.717) is 40.8 Å². The van der Waals surface area contributed by atoms with Crippen LogP contribution in [0.5, 0.6) is 17.2 Å². The van der Waals surface area contributed by atoms with Gasteiger partial charge in [-0.2, -0.15) is 0 Å². The quantitative estimate of drug-likeness (QED) is 0.565. The number of ether oxygens (including phenoxy) is 3. The van der Waals surface area contributed by atoms with Crippen molar-refractivity contribution < 1.29 is 19.0 Å². The first-order valence-electron chi connectivity index (χ1n) is 8.97. The largest absolute Gasteiger partial charge is 0.489 e. The van der Waals surface area contributed by atoms with E-state index in [2.05, 4.69) is 15.5 Å². The van der Waals surface area contributed by atoms with Gasteiger partial charge in [0.25, 0.3) is 5.91 Å². The van der Waals surface area contributed by atoms with E-state index < -0.39 is 0 Å². The Hall–Kier alpha value is -4.07. The van der Waals surface area contributed by atoms with Crippen molar-refractivity contribution in [1.29, 1.82) is 0 Å². The molecule has 0 unspecified atom stereocenters. The summed E-state index contributed by atoms with van der Waals surface area (Å²) >= 11 is 0. The summed E-state index contributed by atoms with van der Waals surface area (Å²) in [6.07, 6.45) is 3.25. The van der Waals surface area contributed by atoms with E-state index in [1.165, 1.54) is 0 Å². The summed E-state index contributed by atoms with van der Waals surface area (Å²) < 4.78 is 18.2. The molecule has 0 radical (unpaired) electrons. The number of pyridine rings is 1. The highest BCUT2D eigenvalue weighted by atomic mass is 16.7. The molecule has 4 aromatic rings. The summed E-state index contributed by atoms with van der Waals surface area (Å²) in [5.41, 5.74) is 2.81. The minimum Gasteiger partial charge on any atom is -0.489 e. The van der Waals surface area contributed by atoms with Gasteiger partial charge in [0.1, 0.15) is 18.7 Å². The maximum Gasteiger partial charge on any atom is 0.257 e. The maximum atomic E-state index is 12.6. The highest BCUT2D eigenvalue weighted by molar-refractivity contribution is 6.04. The van der Waals surface area contributed by atoms with Gasteiger partial charge in [-0.1, -0.05) is 12.1 Å². The first-order chi connectivity index (χ1) is 14.2. The molecular formula is C21H16N4O4. The summed E-state index contributed by atoms with van der Waals surface area (Å²) in [4.78, 5) is 12.6. The van der Waals surface area contributed by atoms with Crippen molar-refractivity contribution >= 4 is 17.2 Å². The van der Waals surface area contributed by atoms with Gasteiger partial charge in [0.15, 0.2) is 17.1 Å². The highest BCUT2D eigenvalue weighted by Crippen LogP contribution is 2.35. The molecule has 1 N–H and O–H groups in total. The number of amides is 1. The number of carbonyl (C=O) groups excluding carboxylic acids is 1. The third-order valence-electron chi connectivity index (χ3n) is 4.49. The van der Waals surface area contributed by atoms with Gasteiger partial charge in [0.05, 0.1) is 5.56 Å². The monoisotopic (exact) mass is 388 g/mol. The lowest BCUT2D eigenvalue weighted by Crippen LogP contribution is -2.12. The van der Waals surface area contributed by atoms with Gasteiger partial charge in [-0.05, 0) is 42.0 Å². The number of nitrogens with one attached hydrogen (secondary N) is 1. The van der Waals surface area contributed by atoms with Crippen molar-refractivity contribution in [3.05, 3.63) is 78.2 Å². The van der Waals surface area contributed by atoms with Crippen LogP contribution in [-0.4, -0.2) is 27.3 Å².